The quantitative estimate of drug-likeness (QED) is 0.590. The van der Waals surface area contributed by atoms with Crippen molar-refractivity contribution in [2.75, 3.05) is 19.6 Å². The summed E-state index contributed by atoms with van der Waals surface area (Å²) in [6, 6.07) is 15.8. The molecule has 0 fully saturated rings. The van der Waals surface area contributed by atoms with Crippen molar-refractivity contribution in [2.45, 2.75) is 19.9 Å². The normalized spacial score (nSPS) is 12.0. The van der Waals surface area contributed by atoms with Crippen LogP contribution in [0.15, 0.2) is 54.6 Å². The summed E-state index contributed by atoms with van der Waals surface area (Å²) in [5.74, 6) is -0.233. The van der Waals surface area contributed by atoms with Crippen LogP contribution in [0.1, 0.15) is 35.8 Å². The molecule has 0 aliphatic carbocycles. The standard InChI is InChI=1S/C19H23N3O3/c1-3-21(4-2)18(15-8-6-5-7-9-15)14-20-19(23)16-10-12-17(13-11-16)22(24)25/h5-13,18H,3-4,14H2,1-2H3,(H,20,23)/t18-/m1/s1. The summed E-state index contributed by atoms with van der Waals surface area (Å²) in [6.45, 7) is 6.42. The van der Waals surface area contributed by atoms with Crippen LogP contribution in [0.2, 0.25) is 0 Å². The molecule has 25 heavy (non-hydrogen) atoms. The molecule has 6 nitrogen and oxygen atoms in total. The van der Waals surface area contributed by atoms with Gasteiger partial charge in [-0.25, -0.2) is 0 Å². The number of benzene rings is 2. The zero-order valence-corrected chi connectivity index (χ0v) is 14.5. The van der Waals surface area contributed by atoms with Crippen molar-refractivity contribution in [2.24, 2.45) is 0 Å². The minimum Gasteiger partial charge on any atom is -0.350 e. The van der Waals surface area contributed by atoms with Crippen LogP contribution in [0, 0.1) is 10.1 Å². The van der Waals surface area contributed by atoms with Crippen molar-refractivity contribution in [1.82, 2.24) is 10.2 Å². The summed E-state index contributed by atoms with van der Waals surface area (Å²) >= 11 is 0. The van der Waals surface area contributed by atoms with E-state index in [0.717, 1.165) is 18.7 Å². The Morgan fingerprint density at radius 2 is 1.68 bits per heavy atom. The van der Waals surface area contributed by atoms with Crippen molar-refractivity contribution in [1.29, 1.82) is 0 Å². The third-order valence-corrected chi connectivity index (χ3v) is 4.23. The van der Waals surface area contributed by atoms with Crippen molar-refractivity contribution in [3.63, 3.8) is 0 Å². The molecule has 132 valence electrons. The fraction of sp³-hybridized carbons (Fsp3) is 0.316. The number of hydrogen-bond acceptors (Lipinski definition) is 4. The van der Waals surface area contributed by atoms with E-state index in [1.54, 1.807) is 0 Å². The first-order valence-electron chi connectivity index (χ1n) is 8.38. The molecule has 6 heteroatoms. The molecule has 2 rings (SSSR count). The van der Waals surface area contributed by atoms with E-state index >= 15 is 0 Å². The number of nitro groups is 1. The fourth-order valence-electron chi connectivity index (χ4n) is 2.82. The smallest absolute Gasteiger partial charge is 0.269 e. The number of non-ortho nitro benzene ring substituents is 1. The Balaban J connectivity index is 2.09. The van der Waals surface area contributed by atoms with Crippen LogP contribution in [0.25, 0.3) is 0 Å². The van der Waals surface area contributed by atoms with Gasteiger partial charge < -0.3 is 5.32 Å². The molecule has 1 amide bonds. The lowest BCUT2D eigenvalue weighted by molar-refractivity contribution is -0.384. The Bertz CT molecular complexity index is 698. The van der Waals surface area contributed by atoms with Gasteiger partial charge in [0, 0.05) is 24.2 Å². The van der Waals surface area contributed by atoms with Gasteiger partial charge in [-0.2, -0.15) is 0 Å². The van der Waals surface area contributed by atoms with Crippen LogP contribution < -0.4 is 5.32 Å². The summed E-state index contributed by atoms with van der Waals surface area (Å²) in [5, 5.41) is 13.6. The topological polar surface area (TPSA) is 75.5 Å². The average molecular weight is 341 g/mol. The number of hydrogen-bond donors (Lipinski definition) is 1. The molecule has 2 aromatic rings. The Morgan fingerprint density at radius 1 is 1.08 bits per heavy atom. The predicted molar refractivity (Wildman–Crippen MR) is 97.5 cm³/mol. The Labute approximate surface area is 147 Å². The molecule has 0 bridgehead atoms. The molecule has 0 heterocycles. The summed E-state index contributed by atoms with van der Waals surface area (Å²) < 4.78 is 0. The summed E-state index contributed by atoms with van der Waals surface area (Å²) in [7, 11) is 0. The number of likely N-dealkylation sites (N-methyl/N-ethyl adjacent to an activating group) is 1. The van der Waals surface area contributed by atoms with Crippen LogP contribution in [0.5, 0.6) is 0 Å². The van der Waals surface area contributed by atoms with Crippen molar-refractivity contribution in [3.05, 3.63) is 75.8 Å². The lowest BCUT2D eigenvalue weighted by Gasteiger charge is -2.30. The maximum absolute atomic E-state index is 12.4. The molecule has 0 radical (unpaired) electrons. The van der Waals surface area contributed by atoms with E-state index in [-0.39, 0.29) is 17.6 Å². The average Bonchev–Trinajstić information content (AvgIpc) is 2.65. The highest BCUT2D eigenvalue weighted by molar-refractivity contribution is 5.94. The maximum Gasteiger partial charge on any atom is 0.269 e. The highest BCUT2D eigenvalue weighted by Gasteiger charge is 2.19. The highest BCUT2D eigenvalue weighted by Crippen LogP contribution is 2.20. The number of amides is 1. The molecule has 1 atom stereocenters. The van der Waals surface area contributed by atoms with Gasteiger partial charge in [-0.05, 0) is 30.8 Å². The summed E-state index contributed by atoms with van der Waals surface area (Å²) in [5.41, 5.74) is 1.54. The lowest BCUT2D eigenvalue weighted by Crippen LogP contribution is -2.38. The first-order valence-corrected chi connectivity index (χ1v) is 8.38. The van der Waals surface area contributed by atoms with Gasteiger partial charge in [0.1, 0.15) is 0 Å². The first kappa shape index (κ1) is 18.6. The largest absolute Gasteiger partial charge is 0.350 e. The van der Waals surface area contributed by atoms with Crippen LogP contribution in [0.4, 0.5) is 5.69 Å². The van der Waals surface area contributed by atoms with E-state index < -0.39 is 4.92 Å². The molecule has 1 N–H and O–H groups in total. The van der Waals surface area contributed by atoms with Crippen LogP contribution in [-0.2, 0) is 0 Å². The molecule has 0 spiro atoms. The van der Waals surface area contributed by atoms with Gasteiger partial charge >= 0.3 is 0 Å². The summed E-state index contributed by atoms with van der Waals surface area (Å²) in [6.07, 6.45) is 0. The monoisotopic (exact) mass is 341 g/mol. The van der Waals surface area contributed by atoms with Gasteiger partial charge in [0.2, 0.25) is 0 Å². The number of carbonyl (C=O) groups is 1. The number of nitro benzene ring substituents is 1. The van der Waals surface area contributed by atoms with E-state index in [2.05, 4.69) is 36.2 Å². The highest BCUT2D eigenvalue weighted by atomic mass is 16.6. The molecule has 0 aromatic heterocycles. The van der Waals surface area contributed by atoms with E-state index in [9.17, 15) is 14.9 Å². The Hall–Kier alpha value is -2.73. The van der Waals surface area contributed by atoms with Gasteiger partial charge in [-0.1, -0.05) is 44.2 Å². The van der Waals surface area contributed by atoms with Gasteiger partial charge in [0.05, 0.1) is 11.0 Å². The molecule has 0 saturated heterocycles. The first-order chi connectivity index (χ1) is 12.1. The van der Waals surface area contributed by atoms with Crippen LogP contribution in [-0.4, -0.2) is 35.4 Å². The van der Waals surface area contributed by atoms with E-state index in [0.29, 0.717) is 12.1 Å². The van der Waals surface area contributed by atoms with E-state index in [4.69, 9.17) is 0 Å². The van der Waals surface area contributed by atoms with Gasteiger partial charge in [-0.15, -0.1) is 0 Å². The second-order valence-corrected chi connectivity index (χ2v) is 5.66. The molecule has 0 aliphatic rings. The Morgan fingerprint density at radius 3 is 2.20 bits per heavy atom. The van der Waals surface area contributed by atoms with Crippen LogP contribution >= 0.6 is 0 Å². The summed E-state index contributed by atoms with van der Waals surface area (Å²) in [4.78, 5) is 24.9. The molecular formula is C19H23N3O3. The molecule has 0 saturated carbocycles. The zero-order valence-electron chi connectivity index (χ0n) is 14.5. The minimum absolute atomic E-state index is 0.0261. The van der Waals surface area contributed by atoms with Gasteiger partial charge in [-0.3, -0.25) is 19.8 Å². The maximum atomic E-state index is 12.4. The number of carbonyl (C=O) groups excluding carboxylic acids is 1. The van der Waals surface area contributed by atoms with Crippen LogP contribution in [0.3, 0.4) is 0 Å². The van der Waals surface area contributed by atoms with E-state index in [1.165, 1.54) is 24.3 Å². The SMILES string of the molecule is CCN(CC)[C@H](CNC(=O)c1ccc([N+](=O)[O-])cc1)c1ccccc1. The van der Waals surface area contributed by atoms with Crippen molar-refractivity contribution < 1.29 is 9.72 Å². The number of nitrogens with one attached hydrogen (secondary N) is 1. The molecule has 2 aromatic carbocycles. The van der Waals surface area contributed by atoms with Gasteiger partial charge in [0.25, 0.3) is 11.6 Å². The third-order valence-electron chi connectivity index (χ3n) is 4.23. The second kappa shape index (κ2) is 8.94. The minimum atomic E-state index is -0.479. The lowest BCUT2D eigenvalue weighted by atomic mass is 10.0. The molecule has 0 unspecified atom stereocenters. The Kier molecular flexibility index (Phi) is 6.65. The molecule has 0 aliphatic heterocycles. The van der Waals surface area contributed by atoms with Crippen molar-refractivity contribution >= 4 is 11.6 Å². The number of nitrogens with zero attached hydrogens (tertiary/aromatic N) is 2. The third kappa shape index (κ3) is 4.87. The van der Waals surface area contributed by atoms with Gasteiger partial charge in [0.15, 0.2) is 0 Å². The second-order valence-electron chi connectivity index (χ2n) is 5.66. The van der Waals surface area contributed by atoms with Crippen molar-refractivity contribution in [3.8, 4) is 0 Å². The fourth-order valence-corrected chi connectivity index (χ4v) is 2.82. The number of rotatable bonds is 8. The zero-order chi connectivity index (χ0) is 18.2. The molecular weight excluding hydrogens is 318 g/mol. The predicted octanol–water partition coefficient (Wildman–Crippen LogP) is 3.41. The van der Waals surface area contributed by atoms with E-state index in [1.807, 2.05) is 18.2 Å².